The number of carbonyl (C=O) groups excluding carboxylic acids is 1. The standard InChI is InChI=1S/C9H17N5O/c1-6(2)4-5-8(15)10-7(3)9-11-13-14-12-9/h6-7H,4-5H2,1-3H3,(H,10,15)(H,11,12,13,14). The van der Waals surface area contributed by atoms with Gasteiger partial charge in [-0.2, -0.15) is 5.21 Å². The molecule has 0 aliphatic heterocycles. The molecule has 0 aliphatic rings. The molecule has 1 aromatic heterocycles. The van der Waals surface area contributed by atoms with Crippen molar-refractivity contribution in [3.05, 3.63) is 5.82 Å². The van der Waals surface area contributed by atoms with Crippen molar-refractivity contribution in [1.29, 1.82) is 0 Å². The molecule has 0 saturated carbocycles. The van der Waals surface area contributed by atoms with Crippen molar-refractivity contribution in [1.82, 2.24) is 25.9 Å². The molecule has 6 heteroatoms. The number of carbonyl (C=O) groups is 1. The van der Waals surface area contributed by atoms with Crippen molar-refractivity contribution >= 4 is 5.91 Å². The van der Waals surface area contributed by atoms with Crippen LogP contribution in [0.2, 0.25) is 0 Å². The van der Waals surface area contributed by atoms with Crippen molar-refractivity contribution in [2.45, 2.75) is 39.7 Å². The number of amides is 1. The van der Waals surface area contributed by atoms with E-state index >= 15 is 0 Å². The van der Waals surface area contributed by atoms with Gasteiger partial charge in [-0.15, -0.1) is 10.2 Å². The summed E-state index contributed by atoms with van der Waals surface area (Å²) < 4.78 is 0. The quantitative estimate of drug-likeness (QED) is 0.755. The first-order valence-electron chi connectivity index (χ1n) is 5.12. The van der Waals surface area contributed by atoms with Gasteiger partial charge in [0.1, 0.15) is 0 Å². The molecule has 0 fully saturated rings. The van der Waals surface area contributed by atoms with Gasteiger partial charge in [-0.3, -0.25) is 4.79 Å². The molecule has 6 nitrogen and oxygen atoms in total. The number of hydrogen-bond acceptors (Lipinski definition) is 4. The first kappa shape index (κ1) is 11.6. The van der Waals surface area contributed by atoms with Gasteiger partial charge < -0.3 is 5.32 Å². The van der Waals surface area contributed by atoms with Crippen LogP contribution in [0.4, 0.5) is 0 Å². The zero-order valence-electron chi connectivity index (χ0n) is 9.32. The molecule has 1 amide bonds. The number of rotatable bonds is 5. The Hall–Kier alpha value is -1.46. The van der Waals surface area contributed by atoms with Gasteiger partial charge in [-0.05, 0) is 19.3 Å². The smallest absolute Gasteiger partial charge is 0.220 e. The highest BCUT2D eigenvalue weighted by atomic mass is 16.1. The molecule has 1 unspecified atom stereocenters. The number of hydrogen-bond donors (Lipinski definition) is 2. The van der Waals surface area contributed by atoms with Gasteiger partial charge in [-0.1, -0.05) is 19.1 Å². The van der Waals surface area contributed by atoms with Crippen LogP contribution < -0.4 is 5.32 Å². The minimum absolute atomic E-state index is 0.0287. The van der Waals surface area contributed by atoms with E-state index in [1.165, 1.54) is 0 Å². The van der Waals surface area contributed by atoms with Gasteiger partial charge in [0.05, 0.1) is 6.04 Å². The van der Waals surface area contributed by atoms with Gasteiger partial charge in [0.2, 0.25) is 5.91 Å². The summed E-state index contributed by atoms with van der Waals surface area (Å²) in [7, 11) is 0. The van der Waals surface area contributed by atoms with Crippen LogP contribution >= 0.6 is 0 Å². The fraction of sp³-hybridized carbons (Fsp3) is 0.778. The lowest BCUT2D eigenvalue weighted by Crippen LogP contribution is -2.27. The normalized spacial score (nSPS) is 12.8. The number of nitrogens with one attached hydrogen (secondary N) is 2. The average molecular weight is 211 g/mol. The van der Waals surface area contributed by atoms with E-state index in [0.29, 0.717) is 18.2 Å². The fourth-order valence-electron chi connectivity index (χ4n) is 1.15. The summed E-state index contributed by atoms with van der Waals surface area (Å²) in [5.74, 6) is 1.07. The molecule has 1 aromatic rings. The molecule has 1 heterocycles. The minimum atomic E-state index is -0.191. The summed E-state index contributed by atoms with van der Waals surface area (Å²) in [5, 5.41) is 16.2. The Morgan fingerprint density at radius 3 is 2.73 bits per heavy atom. The molecule has 0 aromatic carbocycles. The molecule has 0 aliphatic carbocycles. The van der Waals surface area contributed by atoms with E-state index in [4.69, 9.17) is 0 Å². The Balaban J connectivity index is 2.32. The molecule has 0 spiro atoms. The summed E-state index contributed by atoms with van der Waals surface area (Å²) >= 11 is 0. The van der Waals surface area contributed by atoms with Crippen LogP contribution in [0.25, 0.3) is 0 Å². The molecule has 2 N–H and O–H groups in total. The number of nitrogens with zero attached hydrogens (tertiary/aromatic N) is 3. The Labute approximate surface area is 88.8 Å². The van der Waals surface area contributed by atoms with E-state index in [1.807, 2.05) is 6.92 Å². The van der Waals surface area contributed by atoms with Gasteiger partial charge in [-0.25, -0.2) is 0 Å². The second-order valence-electron chi connectivity index (χ2n) is 3.99. The van der Waals surface area contributed by atoms with Crippen molar-refractivity contribution < 1.29 is 4.79 Å². The number of H-pyrrole nitrogens is 1. The largest absolute Gasteiger partial charge is 0.346 e. The molecule has 1 atom stereocenters. The van der Waals surface area contributed by atoms with Crippen molar-refractivity contribution in [2.75, 3.05) is 0 Å². The lowest BCUT2D eigenvalue weighted by atomic mass is 10.1. The van der Waals surface area contributed by atoms with Crippen molar-refractivity contribution in [3.63, 3.8) is 0 Å². The molecule has 0 bridgehead atoms. The maximum Gasteiger partial charge on any atom is 0.220 e. The zero-order valence-corrected chi connectivity index (χ0v) is 9.32. The van der Waals surface area contributed by atoms with Crippen LogP contribution in [0.15, 0.2) is 0 Å². The van der Waals surface area contributed by atoms with E-state index < -0.39 is 0 Å². The predicted molar refractivity (Wildman–Crippen MR) is 54.8 cm³/mol. The number of tetrazole rings is 1. The highest BCUT2D eigenvalue weighted by Crippen LogP contribution is 2.07. The van der Waals surface area contributed by atoms with Gasteiger partial charge in [0, 0.05) is 6.42 Å². The maximum atomic E-state index is 11.5. The summed E-state index contributed by atoms with van der Waals surface area (Å²) in [4.78, 5) is 11.5. The first-order valence-corrected chi connectivity index (χ1v) is 5.12. The van der Waals surface area contributed by atoms with Crippen LogP contribution in [0.5, 0.6) is 0 Å². The second-order valence-corrected chi connectivity index (χ2v) is 3.99. The zero-order chi connectivity index (χ0) is 11.3. The van der Waals surface area contributed by atoms with Crippen LogP contribution in [-0.4, -0.2) is 26.5 Å². The summed E-state index contributed by atoms with van der Waals surface area (Å²) in [6, 6.07) is -0.191. The van der Waals surface area contributed by atoms with Crippen molar-refractivity contribution in [2.24, 2.45) is 5.92 Å². The Bertz CT molecular complexity index is 295. The Morgan fingerprint density at radius 2 is 2.20 bits per heavy atom. The maximum absolute atomic E-state index is 11.5. The SMILES string of the molecule is CC(C)CCC(=O)NC(C)c1nn[nH]n1. The summed E-state index contributed by atoms with van der Waals surface area (Å²) in [6.07, 6.45) is 1.44. The lowest BCUT2D eigenvalue weighted by Gasteiger charge is -2.10. The molecule has 0 saturated heterocycles. The lowest BCUT2D eigenvalue weighted by molar-refractivity contribution is -0.122. The van der Waals surface area contributed by atoms with Crippen LogP contribution in [0.3, 0.4) is 0 Å². The fourth-order valence-corrected chi connectivity index (χ4v) is 1.15. The highest BCUT2D eigenvalue weighted by molar-refractivity contribution is 5.76. The van der Waals surface area contributed by atoms with Gasteiger partial charge >= 0.3 is 0 Å². The van der Waals surface area contributed by atoms with Crippen molar-refractivity contribution in [3.8, 4) is 0 Å². The molecule has 84 valence electrons. The molecule has 0 radical (unpaired) electrons. The molecular weight excluding hydrogens is 194 g/mol. The highest BCUT2D eigenvalue weighted by Gasteiger charge is 2.13. The first-order chi connectivity index (χ1) is 7.09. The van der Waals surface area contributed by atoms with Gasteiger partial charge in [0.15, 0.2) is 5.82 Å². The summed E-state index contributed by atoms with van der Waals surface area (Å²) in [5.41, 5.74) is 0. The molecule has 15 heavy (non-hydrogen) atoms. The Kier molecular flexibility index (Phi) is 4.20. The van der Waals surface area contributed by atoms with Crippen LogP contribution in [0.1, 0.15) is 45.5 Å². The van der Waals surface area contributed by atoms with E-state index in [0.717, 1.165) is 6.42 Å². The third kappa shape index (κ3) is 4.05. The van der Waals surface area contributed by atoms with Crippen LogP contribution in [-0.2, 0) is 4.79 Å². The summed E-state index contributed by atoms with van der Waals surface area (Å²) in [6.45, 7) is 6.02. The topological polar surface area (TPSA) is 83.6 Å². The number of aromatic amines is 1. The second kappa shape index (κ2) is 5.43. The third-order valence-corrected chi connectivity index (χ3v) is 2.08. The van der Waals surface area contributed by atoms with Gasteiger partial charge in [0.25, 0.3) is 0 Å². The predicted octanol–water partition coefficient (Wildman–Crippen LogP) is 0.813. The van der Waals surface area contributed by atoms with E-state index in [1.54, 1.807) is 0 Å². The molecular formula is C9H17N5O. The minimum Gasteiger partial charge on any atom is -0.346 e. The average Bonchev–Trinajstić information content (AvgIpc) is 2.67. The van der Waals surface area contributed by atoms with E-state index in [2.05, 4.69) is 39.8 Å². The Morgan fingerprint density at radius 1 is 1.47 bits per heavy atom. The third-order valence-electron chi connectivity index (χ3n) is 2.08. The van der Waals surface area contributed by atoms with Crippen LogP contribution in [0, 0.1) is 5.92 Å². The number of aromatic nitrogens is 4. The molecule has 1 rings (SSSR count). The monoisotopic (exact) mass is 211 g/mol. The van der Waals surface area contributed by atoms with E-state index in [-0.39, 0.29) is 11.9 Å². The van der Waals surface area contributed by atoms with E-state index in [9.17, 15) is 4.79 Å².